The first-order chi connectivity index (χ1) is 9.58. The van der Waals surface area contributed by atoms with Crippen molar-refractivity contribution in [2.75, 3.05) is 26.7 Å². The first kappa shape index (κ1) is 15.3. The predicted molar refractivity (Wildman–Crippen MR) is 81.1 cm³/mol. The summed E-state index contributed by atoms with van der Waals surface area (Å²) >= 11 is 0. The Morgan fingerprint density at radius 2 is 1.95 bits per heavy atom. The van der Waals surface area contributed by atoms with E-state index in [2.05, 4.69) is 25.7 Å². The minimum atomic E-state index is -0.145. The highest BCUT2D eigenvalue weighted by Gasteiger charge is 2.25. The summed E-state index contributed by atoms with van der Waals surface area (Å²) in [6.45, 7) is 9.53. The average molecular weight is 279 g/mol. The van der Waals surface area contributed by atoms with E-state index in [4.69, 9.17) is 4.74 Å². The van der Waals surface area contributed by atoms with Crippen LogP contribution in [0.15, 0.2) is 12.1 Å². The van der Waals surface area contributed by atoms with Crippen molar-refractivity contribution in [3.63, 3.8) is 0 Å². The van der Waals surface area contributed by atoms with Gasteiger partial charge in [-0.1, -0.05) is 32.9 Å². The number of hydrogen-bond acceptors (Lipinski definition) is 2. The molecule has 112 valence electrons. The Hall–Kier alpha value is -1.09. The first-order valence-electron chi connectivity index (χ1n) is 7.67. The number of hydrogen-bond donors (Lipinski definition) is 0. The molecule has 1 aromatic carbocycles. The fourth-order valence-electron chi connectivity index (χ4n) is 3.12. The zero-order chi connectivity index (χ0) is 14.7. The van der Waals surface area contributed by atoms with E-state index in [9.17, 15) is 4.39 Å². The lowest BCUT2D eigenvalue weighted by Gasteiger charge is -2.31. The van der Waals surface area contributed by atoms with E-state index >= 15 is 0 Å². The van der Waals surface area contributed by atoms with Gasteiger partial charge in [-0.3, -0.25) is 0 Å². The van der Waals surface area contributed by atoms with Gasteiger partial charge in [0.2, 0.25) is 0 Å². The van der Waals surface area contributed by atoms with E-state index in [-0.39, 0.29) is 11.7 Å². The maximum Gasteiger partial charge on any atom is 0.168 e. The van der Waals surface area contributed by atoms with Crippen LogP contribution in [-0.4, -0.2) is 31.6 Å². The third-order valence-corrected chi connectivity index (χ3v) is 4.46. The molecule has 0 unspecified atom stereocenters. The molecule has 1 saturated heterocycles. The number of benzene rings is 1. The van der Waals surface area contributed by atoms with Crippen molar-refractivity contribution in [3.05, 3.63) is 29.1 Å². The van der Waals surface area contributed by atoms with Gasteiger partial charge in [0, 0.05) is 0 Å². The van der Waals surface area contributed by atoms with Crippen LogP contribution in [-0.2, 0) is 0 Å². The highest BCUT2D eigenvalue weighted by Crippen LogP contribution is 2.37. The fourth-order valence-corrected chi connectivity index (χ4v) is 3.12. The normalized spacial score (nSPS) is 17.7. The Balaban J connectivity index is 2.25. The quantitative estimate of drug-likeness (QED) is 0.820. The van der Waals surface area contributed by atoms with Crippen molar-refractivity contribution in [3.8, 4) is 5.75 Å². The molecule has 0 atom stereocenters. The number of methoxy groups -OCH3 is 1. The van der Waals surface area contributed by atoms with Gasteiger partial charge in [-0.05, 0) is 55.4 Å². The van der Waals surface area contributed by atoms with Gasteiger partial charge < -0.3 is 9.64 Å². The molecular weight excluding hydrogens is 253 g/mol. The van der Waals surface area contributed by atoms with Gasteiger partial charge in [-0.15, -0.1) is 0 Å². The number of rotatable bonds is 4. The van der Waals surface area contributed by atoms with E-state index < -0.39 is 0 Å². The van der Waals surface area contributed by atoms with Crippen molar-refractivity contribution in [1.29, 1.82) is 0 Å². The second kappa shape index (κ2) is 6.57. The molecule has 0 aliphatic carbocycles. The molecule has 0 amide bonds. The van der Waals surface area contributed by atoms with Crippen molar-refractivity contribution in [2.24, 2.45) is 0 Å². The molecule has 3 heteroatoms. The molecule has 2 rings (SSSR count). The predicted octanol–water partition coefficient (Wildman–Crippen LogP) is 4.16. The Bertz CT molecular complexity index is 451. The lowest BCUT2D eigenvalue weighted by molar-refractivity contribution is 0.220. The van der Waals surface area contributed by atoms with Gasteiger partial charge in [-0.25, -0.2) is 4.39 Å². The van der Waals surface area contributed by atoms with Crippen LogP contribution >= 0.6 is 0 Å². The zero-order valence-electron chi connectivity index (χ0n) is 13.1. The molecule has 1 heterocycles. The molecule has 1 aliphatic rings. The van der Waals surface area contributed by atoms with Gasteiger partial charge >= 0.3 is 0 Å². The number of nitrogens with zero attached hydrogens (tertiary/aromatic N) is 1. The average Bonchev–Trinajstić information content (AvgIpc) is 2.47. The zero-order valence-corrected chi connectivity index (χ0v) is 13.1. The third-order valence-electron chi connectivity index (χ3n) is 4.46. The van der Waals surface area contributed by atoms with E-state index in [1.165, 1.54) is 0 Å². The number of piperidine rings is 1. The Labute approximate surface area is 121 Å². The third kappa shape index (κ3) is 2.98. The lowest BCUT2D eigenvalue weighted by Crippen LogP contribution is -2.32. The molecule has 20 heavy (non-hydrogen) atoms. The summed E-state index contributed by atoms with van der Waals surface area (Å²) in [6, 6.07) is 4.01. The number of halogens is 1. The highest BCUT2D eigenvalue weighted by atomic mass is 19.1. The molecule has 1 fully saturated rings. The van der Waals surface area contributed by atoms with Crippen LogP contribution < -0.4 is 4.74 Å². The molecule has 0 radical (unpaired) electrons. The monoisotopic (exact) mass is 279 g/mol. The summed E-state index contributed by atoms with van der Waals surface area (Å²) in [4.78, 5) is 2.42. The second-order valence-corrected chi connectivity index (χ2v) is 5.95. The maximum atomic E-state index is 14.7. The molecule has 0 aromatic heterocycles. The molecule has 0 N–H and O–H groups in total. The smallest absolute Gasteiger partial charge is 0.168 e. The Morgan fingerprint density at radius 1 is 1.30 bits per heavy atom. The molecule has 1 aromatic rings. The molecular formula is C17H26FNO. The fraction of sp³-hybridized carbons (Fsp3) is 0.647. The number of ether oxygens (including phenoxy) is 1. The summed E-state index contributed by atoms with van der Waals surface area (Å²) < 4.78 is 20.0. The van der Waals surface area contributed by atoms with Crippen LogP contribution in [0.25, 0.3) is 0 Å². The summed E-state index contributed by atoms with van der Waals surface area (Å²) in [5.41, 5.74) is 1.79. The van der Waals surface area contributed by atoms with Crippen molar-refractivity contribution >= 4 is 0 Å². The molecule has 2 nitrogen and oxygen atoms in total. The molecule has 0 saturated carbocycles. The van der Waals surface area contributed by atoms with Crippen LogP contribution in [0.2, 0.25) is 0 Å². The summed E-state index contributed by atoms with van der Waals surface area (Å²) in [6.07, 6.45) is 2.07. The first-order valence-corrected chi connectivity index (χ1v) is 7.67. The molecule has 0 spiro atoms. The van der Waals surface area contributed by atoms with Gasteiger partial charge in [0.25, 0.3) is 0 Å². The van der Waals surface area contributed by atoms with E-state index in [0.717, 1.165) is 43.6 Å². The SMILES string of the molecule is CCN1CCC(c2ccc(C(C)C)c(OC)c2F)CC1. The minimum Gasteiger partial charge on any atom is -0.493 e. The van der Waals surface area contributed by atoms with Gasteiger partial charge in [0.05, 0.1) is 7.11 Å². The van der Waals surface area contributed by atoms with Crippen LogP contribution in [0.5, 0.6) is 5.75 Å². The standard InChI is InChI=1S/C17H26FNO/c1-5-19-10-8-13(9-11-19)15-7-6-14(12(2)3)17(20-4)16(15)18/h6-7,12-13H,5,8-11H2,1-4H3. The largest absolute Gasteiger partial charge is 0.493 e. The summed E-state index contributed by atoms with van der Waals surface area (Å²) in [5.74, 6) is 0.896. The van der Waals surface area contributed by atoms with Crippen LogP contribution in [0, 0.1) is 5.82 Å². The summed E-state index contributed by atoms with van der Waals surface area (Å²) in [5, 5.41) is 0. The van der Waals surface area contributed by atoms with Gasteiger partial charge in [0.1, 0.15) is 0 Å². The minimum absolute atomic E-state index is 0.145. The lowest BCUT2D eigenvalue weighted by atomic mass is 9.87. The Morgan fingerprint density at radius 3 is 2.45 bits per heavy atom. The maximum absolute atomic E-state index is 14.7. The van der Waals surface area contributed by atoms with Crippen molar-refractivity contribution in [2.45, 2.75) is 45.4 Å². The van der Waals surface area contributed by atoms with Crippen LogP contribution in [0.3, 0.4) is 0 Å². The van der Waals surface area contributed by atoms with Crippen molar-refractivity contribution < 1.29 is 9.13 Å². The molecule has 0 bridgehead atoms. The van der Waals surface area contributed by atoms with E-state index in [0.29, 0.717) is 11.7 Å². The topological polar surface area (TPSA) is 12.5 Å². The highest BCUT2D eigenvalue weighted by molar-refractivity contribution is 5.42. The summed E-state index contributed by atoms with van der Waals surface area (Å²) in [7, 11) is 1.56. The van der Waals surface area contributed by atoms with Gasteiger partial charge in [-0.2, -0.15) is 0 Å². The van der Waals surface area contributed by atoms with Crippen LogP contribution in [0.4, 0.5) is 4.39 Å². The van der Waals surface area contributed by atoms with Crippen molar-refractivity contribution in [1.82, 2.24) is 4.90 Å². The second-order valence-electron chi connectivity index (χ2n) is 5.95. The van der Waals surface area contributed by atoms with E-state index in [1.54, 1.807) is 7.11 Å². The Kier molecular flexibility index (Phi) is 5.03. The molecule has 1 aliphatic heterocycles. The van der Waals surface area contributed by atoms with E-state index in [1.807, 2.05) is 12.1 Å². The van der Waals surface area contributed by atoms with Crippen LogP contribution in [0.1, 0.15) is 56.6 Å². The number of likely N-dealkylation sites (tertiary alicyclic amines) is 1. The van der Waals surface area contributed by atoms with Gasteiger partial charge in [0.15, 0.2) is 11.6 Å².